The van der Waals surface area contributed by atoms with Crippen LogP contribution in [-0.4, -0.2) is 29.3 Å². The standard InChI is InChI=1S/C16H25NO/c1-11-8-12-9-15(18)14-5-3-7-17-6-2-4-13(12)16(14,17)10-11/h11-14H,2-10H2,1H3/t11-,12-,13+,14+,16-/m1/s1. The van der Waals surface area contributed by atoms with Crippen LogP contribution in [0.1, 0.15) is 51.9 Å². The van der Waals surface area contributed by atoms with Crippen molar-refractivity contribution in [2.24, 2.45) is 23.7 Å². The van der Waals surface area contributed by atoms with Crippen molar-refractivity contribution in [1.29, 1.82) is 0 Å². The van der Waals surface area contributed by atoms with E-state index in [2.05, 4.69) is 11.8 Å². The highest BCUT2D eigenvalue weighted by atomic mass is 16.1. The predicted molar refractivity (Wildman–Crippen MR) is 71.3 cm³/mol. The molecule has 100 valence electrons. The molecule has 0 aromatic carbocycles. The third-order valence-electron chi connectivity index (χ3n) is 6.50. The Morgan fingerprint density at radius 1 is 1.22 bits per heavy atom. The summed E-state index contributed by atoms with van der Waals surface area (Å²) in [6, 6.07) is 0. The predicted octanol–water partition coefficient (Wildman–Crippen LogP) is 2.87. The maximum atomic E-state index is 12.5. The molecule has 2 saturated carbocycles. The SMILES string of the molecule is C[C@@H]1C[C@@H]2CC(=O)[C@@H]3CCCN4CCC[C@@H]2[C@]34C1. The second-order valence-corrected chi connectivity index (χ2v) is 7.40. The van der Waals surface area contributed by atoms with Crippen molar-refractivity contribution >= 4 is 5.78 Å². The maximum absolute atomic E-state index is 12.5. The number of nitrogens with zero attached hydrogens (tertiary/aromatic N) is 1. The van der Waals surface area contributed by atoms with Crippen LogP contribution in [0.15, 0.2) is 0 Å². The zero-order valence-corrected chi connectivity index (χ0v) is 11.5. The molecule has 0 N–H and O–H groups in total. The van der Waals surface area contributed by atoms with Crippen LogP contribution >= 0.6 is 0 Å². The minimum Gasteiger partial charge on any atom is -0.299 e. The van der Waals surface area contributed by atoms with E-state index in [1.807, 2.05) is 0 Å². The highest BCUT2D eigenvalue weighted by Crippen LogP contribution is 2.59. The molecule has 2 aliphatic heterocycles. The van der Waals surface area contributed by atoms with Gasteiger partial charge in [-0.25, -0.2) is 0 Å². The van der Waals surface area contributed by atoms with Gasteiger partial charge in [-0.2, -0.15) is 0 Å². The molecule has 2 heterocycles. The first-order valence-corrected chi connectivity index (χ1v) is 7.99. The zero-order valence-electron chi connectivity index (χ0n) is 11.5. The summed E-state index contributed by atoms with van der Waals surface area (Å²) in [7, 11) is 0. The van der Waals surface area contributed by atoms with Crippen LogP contribution in [0.4, 0.5) is 0 Å². The molecule has 0 aromatic rings. The Morgan fingerprint density at radius 2 is 2.00 bits per heavy atom. The van der Waals surface area contributed by atoms with E-state index in [0.29, 0.717) is 17.2 Å². The number of hydrogen-bond donors (Lipinski definition) is 0. The molecular formula is C16H25NO. The van der Waals surface area contributed by atoms with Crippen molar-refractivity contribution in [2.75, 3.05) is 13.1 Å². The second kappa shape index (κ2) is 3.82. The van der Waals surface area contributed by atoms with Gasteiger partial charge in [0.15, 0.2) is 0 Å². The Hall–Kier alpha value is -0.370. The van der Waals surface area contributed by atoms with Gasteiger partial charge in [-0.1, -0.05) is 6.92 Å². The van der Waals surface area contributed by atoms with Gasteiger partial charge in [0.05, 0.1) is 0 Å². The molecule has 4 fully saturated rings. The number of ketones is 1. The van der Waals surface area contributed by atoms with Gasteiger partial charge >= 0.3 is 0 Å². The maximum Gasteiger partial charge on any atom is 0.138 e. The van der Waals surface area contributed by atoms with Crippen LogP contribution in [0.5, 0.6) is 0 Å². The molecule has 0 radical (unpaired) electrons. The Labute approximate surface area is 110 Å². The van der Waals surface area contributed by atoms with Gasteiger partial charge in [-0.05, 0) is 69.4 Å². The Kier molecular flexibility index (Phi) is 2.43. The second-order valence-electron chi connectivity index (χ2n) is 7.40. The van der Waals surface area contributed by atoms with Crippen LogP contribution in [-0.2, 0) is 4.79 Å². The van der Waals surface area contributed by atoms with Crippen molar-refractivity contribution in [2.45, 2.75) is 57.4 Å². The summed E-state index contributed by atoms with van der Waals surface area (Å²) in [5, 5.41) is 0. The van der Waals surface area contributed by atoms with Gasteiger partial charge in [-0.3, -0.25) is 9.69 Å². The van der Waals surface area contributed by atoms with E-state index in [-0.39, 0.29) is 0 Å². The molecule has 2 heteroatoms. The highest BCUT2D eigenvalue weighted by molar-refractivity contribution is 5.84. The Bertz CT molecular complexity index is 377. The molecule has 0 unspecified atom stereocenters. The summed E-state index contributed by atoms with van der Waals surface area (Å²) >= 11 is 0. The van der Waals surface area contributed by atoms with Gasteiger partial charge in [-0.15, -0.1) is 0 Å². The summed E-state index contributed by atoms with van der Waals surface area (Å²) in [6.45, 7) is 4.95. The van der Waals surface area contributed by atoms with Crippen molar-refractivity contribution < 1.29 is 4.79 Å². The fourth-order valence-electron chi connectivity index (χ4n) is 6.18. The summed E-state index contributed by atoms with van der Waals surface area (Å²) < 4.78 is 0. The van der Waals surface area contributed by atoms with Gasteiger partial charge in [0, 0.05) is 17.9 Å². The van der Waals surface area contributed by atoms with E-state index in [4.69, 9.17) is 0 Å². The molecule has 4 rings (SSSR count). The highest BCUT2D eigenvalue weighted by Gasteiger charge is 2.62. The minimum atomic E-state index is 0.314. The quantitative estimate of drug-likeness (QED) is 0.656. The monoisotopic (exact) mass is 247 g/mol. The summed E-state index contributed by atoms with van der Waals surface area (Å²) in [5.74, 6) is 3.43. The third kappa shape index (κ3) is 1.31. The minimum absolute atomic E-state index is 0.314. The number of carbonyl (C=O) groups excluding carboxylic acids is 1. The van der Waals surface area contributed by atoms with Crippen LogP contribution < -0.4 is 0 Å². The summed E-state index contributed by atoms with van der Waals surface area (Å²) in [6.07, 6.45) is 8.75. The van der Waals surface area contributed by atoms with E-state index in [9.17, 15) is 4.79 Å². The van der Waals surface area contributed by atoms with Crippen LogP contribution in [0, 0.1) is 23.7 Å². The van der Waals surface area contributed by atoms with Crippen molar-refractivity contribution in [1.82, 2.24) is 4.90 Å². The molecule has 4 aliphatic rings. The van der Waals surface area contributed by atoms with Crippen LogP contribution in [0.25, 0.3) is 0 Å². The van der Waals surface area contributed by atoms with E-state index >= 15 is 0 Å². The van der Waals surface area contributed by atoms with Crippen molar-refractivity contribution in [3.8, 4) is 0 Å². The molecule has 1 spiro atoms. The topological polar surface area (TPSA) is 20.3 Å². The number of hydrogen-bond acceptors (Lipinski definition) is 2. The number of Topliss-reactive ketones (excluding diaryl/α,β-unsaturated/α-hetero) is 1. The average molecular weight is 247 g/mol. The normalized spacial score (nSPS) is 51.9. The Morgan fingerprint density at radius 3 is 2.83 bits per heavy atom. The molecule has 2 bridgehead atoms. The molecule has 2 aliphatic carbocycles. The fourth-order valence-corrected chi connectivity index (χ4v) is 6.18. The van der Waals surface area contributed by atoms with E-state index in [1.54, 1.807) is 0 Å². The molecule has 18 heavy (non-hydrogen) atoms. The van der Waals surface area contributed by atoms with Gasteiger partial charge in [0.1, 0.15) is 5.78 Å². The fraction of sp³-hybridized carbons (Fsp3) is 0.938. The van der Waals surface area contributed by atoms with Crippen LogP contribution in [0.2, 0.25) is 0 Å². The van der Waals surface area contributed by atoms with Gasteiger partial charge in [0.25, 0.3) is 0 Å². The average Bonchev–Trinajstić information content (AvgIpc) is 2.33. The molecule has 0 amide bonds. The first-order chi connectivity index (χ1) is 8.72. The number of carbonyl (C=O) groups is 1. The zero-order chi connectivity index (χ0) is 12.3. The van der Waals surface area contributed by atoms with Crippen LogP contribution in [0.3, 0.4) is 0 Å². The third-order valence-corrected chi connectivity index (χ3v) is 6.50. The number of piperidine rings is 2. The lowest BCUT2D eigenvalue weighted by Crippen LogP contribution is -2.71. The largest absolute Gasteiger partial charge is 0.299 e. The van der Waals surface area contributed by atoms with E-state index in [0.717, 1.165) is 24.2 Å². The van der Waals surface area contributed by atoms with Crippen molar-refractivity contribution in [3.05, 3.63) is 0 Å². The lowest BCUT2D eigenvalue weighted by molar-refractivity contribution is -0.172. The smallest absolute Gasteiger partial charge is 0.138 e. The first kappa shape index (κ1) is 11.5. The lowest BCUT2D eigenvalue weighted by Gasteiger charge is -2.65. The molecular weight excluding hydrogens is 222 g/mol. The first-order valence-electron chi connectivity index (χ1n) is 7.99. The molecule has 5 atom stereocenters. The molecule has 2 nitrogen and oxygen atoms in total. The Balaban J connectivity index is 1.82. The molecule has 2 saturated heterocycles. The summed E-state index contributed by atoms with van der Waals surface area (Å²) in [4.78, 5) is 15.3. The van der Waals surface area contributed by atoms with E-state index < -0.39 is 0 Å². The molecule has 0 aromatic heterocycles. The summed E-state index contributed by atoms with van der Waals surface area (Å²) in [5.41, 5.74) is 0.314. The lowest BCUT2D eigenvalue weighted by atomic mass is 9.48. The van der Waals surface area contributed by atoms with Gasteiger partial charge in [0.2, 0.25) is 0 Å². The number of rotatable bonds is 0. The van der Waals surface area contributed by atoms with E-state index in [1.165, 1.54) is 51.6 Å². The van der Waals surface area contributed by atoms with Crippen molar-refractivity contribution in [3.63, 3.8) is 0 Å². The van der Waals surface area contributed by atoms with Gasteiger partial charge < -0.3 is 0 Å².